The number of aliphatic hydroxyl groups excluding tert-OH is 2. The smallest absolute Gasteiger partial charge is 0.0868 e. The van der Waals surface area contributed by atoms with Crippen molar-refractivity contribution >= 4 is 0 Å². The van der Waals surface area contributed by atoms with Crippen LogP contribution in [0, 0.1) is 6.42 Å². The van der Waals surface area contributed by atoms with Gasteiger partial charge in [-0.3, -0.25) is 0 Å². The number of nitrogens with one attached hydrogen (secondary N) is 1. The molecule has 0 amide bonds. The van der Waals surface area contributed by atoms with Gasteiger partial charge in [-0.15, -0.1) is 0 Å². The van der Waals surface area contributed by atoms with Crippen molar-refractivity contribution in [1.29, 1.82) is 0 Å². The van der Waals surface area contributed by atoms with Crippen LogP contribution in [-0.2, 0) is 0 Å². The molecule has 19 heavy (non-hydrogen) atoms. The molecule has 1 aromatic carbocycles. The lowest BCUT2D eigenvalue weighted by atomic mass is 9.91. The molecule has 1 radical (unpaired) electrons. The monoisotopic (exact) mass is 264 g/mol. The molecule has 3 heteroatoms. The van der Waals surface area contributed by atoms with Crippen LogP contribution in [0.2, 0.25) is 0 Å². The molecule has 107 valence electrons. The van der Waals surface area contributed by atoms with Gasteiger partial charge < -0.3 is 15.5 Å². The van der Waals surface area contributed by atoms with Gasteiger partial charge in [0.1, 0.15) is 0 Å². The number of aliphatic hydroxyl groups is 2. The lowest BCUT2D eigenvalue weighted by Crippen LogP contribution is -2.34. The summed E-state index contributed by atoms with van der Waals surface area (Å²) in [5.74, 6) is -0.0805. The minimum Gasteiger partial charge on any atom is -0.390 e. The summed E-state index contributed by atoms with van der Waals surface area (Å²) in [6, 6.07) is 9.78. The summed E-state index contributed by atoms with van der Waals surface area (Å²) in [4.78, 5) is 0. The summed E-state index contributed by atoms with van der Waals surface area (Å²) in [5, 5.41) is 23.3. The first kappa shape index (κ1) is 16.2. The zero-order valence-electron chi connectivity index (χ0n) is 11.9. The maximum atomic E-state index is 10.1. The Hall–Kier alpha value is -0.900. The number of hydrogen-bond acceptors (Lipinski definition) is 3. The predicted molar refractivity (Wildman–Crippen MR) is 78.9 cm³/mol. The minimum absolute atomic E-state index is 0.0805. The van der Waals surface area contributed by atoms with Gasteiger partial charge in [0.15, 0.2) is 0 Å². The highest BCUT2D eigenvalue weighted by Crippen LogP contribution is 2.21. The van der Waals surface area contributed by atoms with Crippen molar-refractivity contribution in [1.82, 2.24) is 5.32 Å². The first-order valence-corrected chi connectivity index (χ1v) is 7.12. The standard InChI is InChI=1S/C16H26NO2/c1-3-4-11-17-12-10-15(18)16(19)13(2)14-8-6-5-7-9-14/h5-10,13,15-19H,3-4,11-12H2,1-2H3. The summed E-state index contributed by atoms with van der Waals surface area (Å²) in [6.07, 6.45) is 2.45. The van der Waals surface area contributed by atoms with Crippen molar-refractivity contribution in [3.05, 3.63) is 42.3 Å². The van der Waals surface area contributed by atoms with E-state index in [-0.39, 0.29) is 5.92 Å². The average molecular weight is 264 g/mol. The Balaban J connectivity index is 2.33. The fraction of sp³-hybridized carbons (Fsp3) is 0.562. The van der Waals surface area contributed by atoms with Crippen molar-refractivity contribution < 1.29 is 10.2 Å². The van der Waals surface area contributed by atoms with E-state index in [1.807, 2.05) is 37.3 Å². The fourth-order valence-electron chi connectivity index (χ4n) is 2.00. The molecule has 0 spiro atoms. The second kappa shape index (κ2) is 9.08. The average Bonchev–Trinajstić information content (AvgIpc) is 2.46. The van der Waals surface area contributed by atoms with Crippen LogP contribution in [0.15, 0.2) is 30.3 Å². The van der Waals surface area contributed by atoms with Gasteiger partial charge in [-0.25, -0.2) is 0 Å². The molecule has 0 aliphatic carbocycles. The molecule has 0 aliphatic heterocycles. The lowest BCUT2D eigenvalue weighted by molar-refractivity contribution is 0.0237. The first-order chi connectivity index (χ1) is 9.16. The van der Waals surface area contributed by atoms with E-state index in [0.29, 0.717) is 6.54 Å². The second-order valence-corrected chi connectivity index (χ2v) is 4.97. The summed E-state index contributed by atoms with van der Waals surface area (Å²) in [5.41, 5.74) is 1.04. The maximum absolute atomic E-state index is 10.1. The van der Waals surface area contributed by atoms with Crippen LogP contribution in [0.1, 0.15) is 38.2 Å². The van der Waals surface area contributed by atoms with Crippen molar-refractivity contribution in [3.8, 4) is 0 Å². The highest BCUT2D eigenvalue weighted by Gasteiger charge is 2.23. The van der Waals surface area contributed by atoms with Gasteiger partial charge in [-0.1, -0.05) is 50.6 Å². The van der Waals surface area contributed by atoms with Crippen LogP contribution in [-0.4, -0.2) is 35.5 Å². The van der Waals surface area contributed by atoms with E-state index in [2.05, 4.69) is 12.2 Å². The fourth-order valence-corrected chi connectivity index (χ4v) is 2.00. The summed E-state index contributed by atoms with van der Waals surface area (Å²) < 4.78 is 0. The van der Waals surface area contributed by atoms with E-state index in [1.54, 1.807) is 6.42 Å². The zero-order valence-corrected chi connectivity index (χ0v) is 11.9. The molecule has 1 aromatic rings. The molecule has 0 fully saturated rings. The van der Waals surface area contributed by atoms with Gasteiger partial charge in [0, 0.05) is 18.9 Å². The molecule has 1 rings (SSSR count). The Labute approximate surface area is 116 Å². The number of hydrogen-bond donors (Lipinski definition) is 3. The molecule has 0 aromatic heterocycles. The maximum Gasteiger partial charge on any atom is 0.0868 e. The van der Waals surface area contributed by atoms with Crippen LogP contribution in [0.5, 0.6) is 0 Å². The van der Waals surface area contributed by atoms with Gasteiger partial charge in [-0.05, 0) is 18.5 Å². The molecular formula is C16H26NO2. The van der Waals surface area contributed by atoms with Gasteiger partial charge in [0.05, 0.1) is 12.2 Å². The third kappa shape index (κ3) is 5.72. The van der Waals surface area contributed by atoms with Gasteiger partial charge in [0.2, 0.25) is 0 Å². The molecular weight excluding hydrogens is 238 g/mol. The van der Waals surface area contributed by atoms with Crippen LogP contribution < -0.4 is 5.32 Å². The molecule has 0 heterocycles. The topological polar surface area (TPSA) is 52.5 Å². The van der Waals surface area contributed by atoms with Crippen molar-refractivity contribution in [3.63, 3.8) is 0 Å². The van der Waals surface area contributed by atoms with Gasteiger partial charge in [-0.2, -0.15) is 0 Å². The van der Waals surface area contributed by atoms with Crippen LogP contribution in [0.3, 0.4) is 0 Å². The van der Waals surface area contributed by atoms with Gasteiger partial charge in [0.25, 0.3) is 0 Å². The lowest BCUT2D eigenvalue weighted by Gasteiger charge is -2.24. The summed E-state index contributed by atoms with van der Waals surface area (Å²) >= 11 is 0. The van der Waals surface area contributed by atoms with Crippen molar-refractivity contribution in [2.75, 3.05) is 13.1 Å². The van der Waals surface area contributed by atoms with Crippen LogP contribution >= 0.6 is 0 Å². The number of unbranched alkanes of at least 4 members (excludes halogenated alkanes) is 1. The first-order valence-electron chi connectivity index (χ1n) is 7.12. The van der Waals surface area contributed by atoms with Crippen LogP contribution in [0.4, 0.5) is 0 Å². The number of benzene rings is 1. The van der Waals surface area contributed by atoms with E-state index in [0.717, 1.165) is 24.9 Å². The predicted octanol–water partition coefficient (Wildman–Crippen LogP) is 2.11. The Kier molecular flexibility index (Phi) is 7.72. The molecule has 0 saturated heterocycles. The third-order valence-corrected chi connectivity index (χ3v) is 3.40. The third-order valence-electron chi connectivity index (χ3n) is 3.40. The molecule has 0 saturated carbocycles. The molecule has 3 N–H and O–H groups in total. The van der Waals surface area contributed by atoms with Crippen molar-refractivity contribution in [2.24, 2.45) is 0 Å². The van der Waals surface area contributed by atoms with Crippen LogP contribution in [0.25, 0.3) is 0 Å². The largest absolute Gasteiger partial charge is 0.390 e. The minimum atomic E-state index is -0.802. The summed E-state index contributed by atoms with van der Waals surface area (Å²) in [7, 11) is 0. The van der Waals surface area contributed by atoms with Crippen molar-refractivity contribution in [2.45, 2.75) is 44.8 Å². The molecule has 0 bridgehead atoms. The molecule has 0 aliphatic rings. The molecule has 3 nitrogen and oxygen atoms in total. The van der Waals surface area contributed by atoms with E-state index < -0.39 is 12.2 Å². The zero-order chi connectivity index (χ0) is 14.1. The van der Waals surface area contributed by atoms with Gasteiger partial charge >= 0.3 is 0 Å². The van der Waals surface area contributed by atoms with E-state index in [4.69, 9.17) is 0 Å². The highest BCUT2D eigenvalue weighted by atomic mass is 16.3. The van der Waals surface area contributed by atoms with E-state index in [9.17, 15) is 10.2 Å². The molecule has 3 atom stereocenters. The Morgan fingerprint density at radius 2 is 1.89 bits per heavy atom. The van der Waals surface area contributed by atoms with E-state index in [1.165, 1.54) is 0 Å². The Morgan fingerprint density at radius 3 is 2.53 bits per heavy atom. The quantitative estimate of drug-likeness (QED) is 0.599. The Morgan fingerprint density at radius 1 is 1.21 bits per heavy atom. The Bertz CT molecular complexity index is 329. The normalized spacial score (nSPS) is 16.0. The summed E-state index contributed by atoms with van der Waals surface area (Å²) in [6.45, 7) is 5.65. The second-order valence-electron chi connectivity index (χ2n) is 4.97. The van der Waals surface area contributed by atoms with E-state index >= 15 is 0 Å². The highest BCUT2D eigenvalue weighted by molar-refractivity contribution is 5.20. The number of rotatable bonds is 9. The SMILES string of the molecule is CCCCNC[CH]C(O)C(O)C(C)c1ccccc1. The molecule has 3 unspecified atom stereocenters.